The highest BCUT2D eigenvalue weighted by molar-refractivity contribution is 7.89. The van der Waals surface area contributed by atoms with Crippen molar-refractivity contribution >= 4 is 32.5 Å². The number of hydrogen-bond acceptors (Lipinski definition) is 4. The summed E-state index contributed by atoms with van der Waals surface area (Å²) in [6, 6.07) is 13.5. The van der Waals surface area contributed by atoms with Crippen molar-refractivity contribution in [3.05, 3.63) is 54.7 Å². The number of aromatic nitrogens is 2. The predicted molar refractivity (Wildman–Crippen MR) is 90.8 cm³/mol. The number of primary sulfonamides is 1. The first kappa shape index (κ1) is 16.2. The molecule has 0 saturated carbocycles. The van der Waals surface area contributed by atoms with E-state index in [1.807, 2.05) is 24.3 Å². The van der Waals surface area contributed by atoms with Gasteiger partial charge in [0.25, 0.3) is 0 Å². The smallest absolute Gasteiger partial charge is 0.238 e. The molecule has 24 heavy (non-hydrogen) atoms. The quantitative estimate of drug-likeness (QED) is 0.734. The van der Waals surface area contributed by atoms with Crippen LogP contribution in [0.1, 0.15) is 6.42 Å². The lowest BCUT2D eigenvalue weighted by molar-refractivity contribution is -0.116. The molecular formula is C16H16N4O3S. The highest BCUT2D eigenvalue weighted by atomic mass is 32.2. The number of carbonyl (C=O) groups is 1. The molecule has 1 aromatic heterocycles. The van der Waals surface area contributed by atoms with E-state index in [-0.39, 0.29) is 17.2 Å². The third-order valence-electron chi connectivity index (χ3n) is 3.57. The number of amides is 1. The van der Waals surface area contributed by atoms with E-state index in [0.717, 1.165) is 10.9 Å². The van der Waals surface area contributed by atoms with Gasteiger partial charge in [0.05, 0.1) is 23.2 Å². The van der Waals surface area contributed by atoms with Crippen molar-refractivity contribution in [2.24, 2.45) is 5.14 Å². The molecule has 0 radical (unpaired) electrons. The van der Waals surface area contributed by atoms with Crippen LogP contribution in [-0.4, -0.2) is 24.1 Å². The number of rotatable bonds is 5. The van der Waals surface area contributed by atoms with Crippen molar-refractivity contribution in [1.82, 2.24) is 9.78 Å². The Morgan fingerprint density at radius 3 is 2.54 bits per heavy atom. The Labute approximate surface area is 139 Å². The standard InChI is InChI=1S/C16H16N4O3S/c17-24(22,23)14-7-5-13(6-8-14)19-16(21)9-10-20-15-4-2-1-3-12(15)11-18-20/h1-8,11H,9-10H2,(H,19,21)(H2,17,22,23). The zero-order chi connectivity index (χ0) is 17.2. The molecule has 0 unspecified atom stereocenters. The van der Waals surface area contributed by atoms with Crippen LogP contribution in [0.25, 0.3) is 10.9 Å². The lowest BCUT2D eigenvalue weighted by Crippen LogP contribution is -2.15. The predicted octanol–water partition coefficient (Wildman–Crippen LogP) is 1.71. The van der Waals surface area contributed by atoms with E-state index in [0.29, 0.717) is 12.2 Å². The monoisotopic (exact) mass is 344 g/mol. The fourth-order valence-corrected chi connectivity index (χ4v) is 2.88. The Balaban J connectivity index is 1.62. The molecule has 3 N–H and O–H groups in total. The Bertz CT molecular complexity index is 978. The summed E-state index contributed by atoms with van der Waals surface area (Å²) in [4.78, 5) is 12.0. The third kappa shape index (κ3) is 3.61. The van der Waals surface area contributed by atoms with Crippen LogP contribution in [0, 0.1) is 0 Å². The summed E-state index contributed by atoms with van der Waals surface area (Å²) in [5, 5.41) is 13.0. The lowest BCUT2D eigenvalue weighted by atomic mass is 10.2. The van der Waals surface area contributed by atoms with Crippen molar-refractivity contribution in [2.45, 2.75) is 17.9 Å². The number of fused-ring (bicyclic) bond motifs is 1. The summed E-state index contributed by atoms with van der Waals surface area (Å²) < 4.78 is 24.2. The van der Waals surface area contributed by atoms with Crippen LogP contribution in [-0.2, 0) is 21.4 Å². The topological polar surface area (TPSA) is 107 Å². The van der Waals surface area contributed by atoms with E-state index in [1.165, 1.54) is 24.3 Å². The molecule has 0 aliphatic heterocycles. The summed E-state index contributed by atoms with van der Waals surface area (Å²) in [6.07, 6.45) is 2.02. The number of nitrogens with two attached hydrogens (primary N) is 1. The van der Waals surface area contributed by atoms with Gasteiger partial charge in [0.15, 0.2) is 0 Å². The van der Waals surface area contributed by atoms with Crippen molar-refractivity contribution in [3.63, 3.8) is 0 Å². The number of nitrogens with one attached hydrogen (secondary N) is 1. The van der Waals surface area contributed by atoms with Crippen molar-refractivity contribution in [2.75, 3.05) is 5.32 Å². The van der Waals surface area contributed by atoms with Gasteiger partial charge in [-0.15, -0.1) is 0 Å². The molecule has 0 aliphatic carbocycles. The molecule has 0 bridgehead atoms. The average Bonchev–Trinajstić information content (AvgIpc) is 2.96. The summed E-state index contributed by atoms with van der Waals surface area (Å²) >= 11 is 0. The van der Waals surface area contributed by atoms with Gasteiger partial charge in [-0.25, -0.2) is 13.6 Å². The van der Waals surface area contributed by atoms with Crippen molar-refractivity contribution in [1.29, 1.82) is 0 Å². The summed E-state index contributed by atoms with van der Waals surface area (Å²) in [5.41, 5.74) is 1.49. The molecule has 124 valence electrons. The molecule has 8 heteroatoms. The van der Waals surface area contributed by atoms with Crippen LogP contribution in [0.5, 0.6) is 0 Å². The van der Waals surface area contributed by atoms with Gasteiger partial charge in [0.1, 0.15) is 0 Å². The Morgan fingerprint density at radius 2 is 1.83 bits per heavy atom. The number of benzene rings is 2. The first-order chi connectivity index (χ1) is 11.4. The minimum Gasteiger partial charge on any atom is -0.326 e. The molecule has 0 spiro atoms. The maximum absolute atomic E-state index is 12.0. The molecule has 1 amide bonds. The zero-order valence-electron chi connectivity index (χ0n) is 12.7. The van der Waals surface area contributed by atoms with Crippen LogP contribution < -0.4 is 10.5 Å². The molecular weight excluding hydrogens is 328 g/mol. The molecule has 0 atom stereocenters. The van der Waals surface area contributed by atoms with Gasteiger partial charge in [0.2, 0.25) is 15.9 Å². The third-order valence-corrected chi connectivity index (χ3v) is 4.50. The number of anilines is 1. The number of sulfonamides is 1. The number of para-hydroxylation sites is 1. The molecule has 0 aliphatic rings. The second kappa shape index (κ2) is 6.42. The highest BCUT2D eigenvalue weighted by Crippen LogP contribution is 2.15. The molecule has 3 aromatic rings. The minimum absolute atomic E-state index is 0.00325. The van der Waals surface area contributed by atoms with E-state index >= 15 is 0 Å². The van der Waals surface area contributed by atoms with Gasteiger partial charge in [-0.1, -0.05) is 18.2 Å². The van der Waals surface area contributed by atoms with Gasteiger partial charge in [-0.3, -0.25) is 9.48 Å². The second-order valence-corrected chi connectivity index (χ2v) is 6.86. The zero-order valence-corrected chi connectivity index (χ0v) is 13.5. The van der Waals surface area contributed by atoms with E-state index in [2.05, 4.69) is 10.4 Å². The van der Waals surface area contributed by atoms with Crippen LogP contribution in [0.4, 0.5) is 5.69 Å². The van der Waals surface area contributed by atoms with Gasteiger partial charge >= 0.3 is 0 Å². The number of nitrogens with zero attached hydrogens (tertiary/aromatic N) is 2. The van der Waals surface area contributed by atoms with E-state index in [1.54, 1.807) is 10.9 Å². The van der Waals surface area contributed by atoms with Crippen LogP contribution in [0.3, 0.4) is 0 Å². The fourth-order valence-electron chi connectivity index (χ4n) is 2.36. The van der Waals surface area contributed by atoms with E-state index in [9.17, 15) is 13.2 Å². The second-order valence-electron chi connectivity index (χ2n) is 5.29. The van der Waals surface area contributed by atoms with Crippen molar-refractivity contribution < 1.29 is 13.2 Å². The first-order valence-electron chi connectivity index (χ1n) is 7.27. The van der Waals surface area contributed by atoms with Gasteiger partial charge in [-0.2, -0.15) is 5.10 Å². The van der Waals surface area contributed by atoms with E-state index in [4.69, 9.17) is 5.14 Å². The molecule has 7 nitrogen and oxygen atoms in total. The van der Waals surface area contributed by atoms with Crippen LogP contribution in [0.15, 0.2) is 59.6 Å². The Hall–Kier alpha value is -2.71. The largest absolute Gasteiger partial charge is 0.326 e. The summed E-state index contributed by atoms with van der Waals surface area (Å²) in [5.74, 6) is -0.182. The molecule has 1 heterocycles. The van der Waals surface area contributed by atoms with Crippen LogP contribution in [0.2, 0.25) is 0 Å². The first-order valence-corrected chi connectivity index (χ1v) is 8.81. The number of aryl methyl sites for hydroxylation is 1. The summed E-state index contributed by atoms with van der Waals surface area (Å²) in [6.45, 7) is 0.453. The number of carbonyl (C=O) groups excluding carboxylic acids is 1. The SMILES string of the molecule is NS(=O)(=O)c1ccc(NC(=O)CCn2ncc3ccccc32)cc1. The number of hydrogen-bond donors (Lipinski definition) is 2. The molecule has 0 fully saturated rings. The van der Waals surface area contributed by atoms with Crippen LogP contribution >= 0.6 is 0 Å². The lowest BCUT2D eigenvalue weighted by Gasteiger charge is -2.07. The molecule has 0 saturated heterocycles. The highest BCUT2D eigenvalue weighted by Gasteiger charge is 2.09. The average molecular weight is 344 g/mol. The van der Waals surface area contributed by atoms with Gasteiger partial charge in [0, 0.05) is 17.5 Å². The summed E-state index contributed by atoms with van der Waals surface area (Å²) in [7, 11) is -3.73. The van der Waals surface area contributed by atoms with Gasteiger partial charge in [-0.05, 0) is 30.3 Å². The maximum Gasteiger partial charge on any atom is 0.238 e. The Morgan fingerprint density at radius 1 is 1.12 bits per heavy atom. The Kier molecular flexibility index (Phi) is 4.32. The maximum atomic E-state index is 12.0. The molecule has 2 aromatic carbocycles. The van der Waals surface area contributed by atoms with E-state index < -0.39 is 10.0 Å². The fraction of sp³-hybridized carbons (Fsp3) is 0.125. The molecule has 3 rings (SSSR count). The normalized spacial score (nSPS) is 11.5. The van der Waals surface area contributed by atoms with Crippen molar-refractivity contribution in [3.8, 4) is 0 Å². The minimum atomic E-state index is -3.73. The van der Waals surface area contributed by atoms with Gasteiger partial charge < -0.3 is 5.32 Å².